The van der Waals surface area contributed by atoms with E-state index in [1.54, 1.807) is 29.3 Å². The fraction of sp³-hybridized carbons (Fsp3) is 0.455. The summed E-state index contributed by atoms with van der Waals surface area (Å²) in [5.41, 5.74) is 2.00. The highest BCUT2D eigenvalue weighted by Crippen LogP contribution is 2.26. The molecule has 1 aromatic carbocycles. The van der Waals surface area contributed by atoms with Crippen LogP contribution in [0.4, 0.5) is 0 Å². The number of thiazole rings is 1. The van der Waals surface area contributed by atoms with E-state index in [1.807, 2.05) is 28.9 Å². The summed E-state index contributed by atoms with van der Waals surface area (Å²) in [6.45, 7) is 8.99. The van der Waals surface area contributed by atoms with Gasteiger partial charge in [0.25, 0.3) is 0 Å². The van der Waals surface area contributed by atoms with Crippen LogP contribution < -0.4 is 4.74 Å². The number of nitrogens with zero attached hydrogens (tertiary/aromatic N) is 7. The van der Waals surface area contributed by atoms with Gasteiger partial charge < -0.3 is 9.64 Å². The lowest BCUT2D eigenvalue weighted by Crippen LogP contribution is -2.45. The normalized spacial score (nSPS) is 15.8. The summed E-state index contributed by atoms with van der Waals surface area (Å²) in [7, 11) is 3.81. The number of hydrogen-bond donors (Lipinski definition) is 0. The third kappa shape index (κ3) is 5.15. The Kier molecular flexibility index (Phi) is 7.14. The summed E-state index contributed by atoms with van der Waals surface area (Å²) in [4.78, 5) is 9.50. The summed E-state index contributed by atoms with van der Waals surface area (Å²) >= 11 is 7.36. The van der Waals surface area contributed by atoms with Crippen LogP contribution in [0.5, 0.6) is 5.75 Å². The number of rotatable bonds is 7. The third-order valence-electron chi connectivity index (χ3n) is 5.49. The SMILES string of the molecule is COc1ccc(/C=N/n2c(-c3nc(C(C)C)cs3)nn(CN3CCN(C)CC3)c2=S)cc1. The predicted octanol–water partition coefficient (Wildman–Crippen LogP) is 3.76. The molecule has 1 aliphatic rings. The maximum Gasteiger partial charge on any atom is 0.220 e. The van der Waals surface area contributed by atoms with Crippen LogP contribution in [-0.2, 0) is 6.67 Å². The first-order valence-electron chi connectivity index (χ1n) is 10.7. The Labute approximate surface area is 197 Å². The van der Waals surface area contributed by atoms with E-state index in [4.69, 9.17) is 32.1 Å². The zero-order valence-electron chi connectivity index (χ0n) is 18.9. The van der Waals surface area contributed by atoms with E-state index < -0.39 is 0 Å². The van der Waals surface area contributed by atoms with Crippen LogP contribution >= 0.6 is 23.6 Å². The van der Waals surface area contributed by atoms with E-state index in [9.17, 15) is 0 Å². The molecule has 8 nitrogen and oxygen atoms in total. The molecule has 0 spiro atoms. The summed E-state index contributed by atoms with van der Waals surface area (Å²) in [6.07, 6.45) is 1.79. The molecule has 0 N–H and O–H groups in total. The molecule has 2 aromatic heterocycles. The molecule has 0 amide bonds. The van der Waals surface area contributed by atoms with Crippen LogP contribution in [0.2, 0.25) is 0 Å². The molecule has 0 atom stereocenters. The highest BCUT2D eigenvalue weighted by molar-refractivity contribution is 7.71. The zero-order valence-corrected chi connectivity index (χ0v) is 20.6. The van der Waals surface area contributed by atoms with Crippen LogP contribution in [0, 0.1) is 4.77 Å². The van der Waals surface area contributed by atoms with Crippen LogP contribution in [0.15, 0.2) is 34.7 Å². The predicted molar refractivity (Wildman–Crippen MR) is 131 cm³/mol. The first-order valence-corrected chi connectivity index (χ1v) is 12.0. The number of methoxy groups -OCH3 is 1. The lowest BCUT2D eigenvalue weighted by Gasteiger charge is -2.31. The molecule has 0 aliphatic carbocycles. The molecular weight excluding hydrogens is 442 g/mol. The van der Waals surface area contributed by atoms with E-state index in [0.717, 1.165) is 48.2 Å². The molecular formula is C22H29N7OS2. The van der Waals surface area contributed by atoms with Crippen LogP contribution in [0.25, 0.3) is 10.8 Å². The van der Waals surface area contributed by atoms with E-state index in [0.29, 0.717) is 23.2 Å². The van der Waals surface area contributed by atoms with Crippen molar-refractivity contribution in [1.29, 1.82) is 0 Å². The molecule has 0 saturated carbocycles. The molecule has 32 heavy (non-hydrogen) atoms. The van der Waals surface area contributed by atoms with Crippen LogP contribution in [-0.4, -0.2) is 75.8 Å². The van der Waals surface area contributed by atoms with Crippen LogP contribution in [0.1, 0.15) is 31.0 Å². The zero-order chi connectivity index (χ0) is 22.7. The van der Waals surface area contributed by atoms with Crippen molar-refractivity contribution in [3.05, 3.63) is 45.7 Å². The molecule has 0 radical (unpaired) electrons. The molecule has 3 aromatic rings. The summed E-state index contributed by atoms with van der Waals surface area (Å²) in [5.74, 6) is 1.83. The molecule has 1 saturated heterocycles. The number of piperazine rings is 1. The van der Waals surface area contributed by atoms with Gasteiger partial charge in [-0.3, -0.25) is 4.90 Å². The highest BCUT2D eigenvalue weighted by atomic mass is 32.1. The van der Waals surface area contributed by atoms with Gasteiger partial charge in [-0.2, -0.15) is 9.78 Å². The minimum absolute atomic E-state index is 0.353. The Bertz CT molecular complexity index is 1120. The van der Waals surface area contributed by atoms with Crippen molar-refractivity contribution in [2.45, 2.75) is 26.4 Å². The van der Waals surface area contributed by atoms with Gasteiger partial charge in [0, 0.05) is 31.6 Å². The molecule has 170 valence electrons. The van der Waals surface area contributed by atoms with Crippen molar-refractivity contribution in [1.82, 2.24) is 29.2 Å². The second-order valence-corrected chi connectivity index (χ2v) is 9.45. The number of benzene rings is 1. The highest BCUT2D eigenvalue weighted by Gasteiger charge is 2.20. The number of ether oxygens (including phenoxy) is 1. The second kappa shape index (κ2) is 10.0. The van der Waals surface area contributed by atoms with Gasteiger partial charge in [-0.05, 0) is 55.0 Å². The van der Waals surface area contributed by atoms with Gasteiger partial charge in [-0.15, -0.1) is 16.4 Å². The van der Waals surface area contributed by atoms with Crippen molar-refractivity contribution in [2.24, 2.45) is 5.10 Å². The smallest absolute Gasteiger partial charge is 0.220 e. The molecule has 1 fully saturated rings. The average molecular weight is 472 g/mol. The van der Waals surface area contributed by atoms with Gasteiger partial charge in [0.05, 0.1) is 25.7 Å². The van der Waals surface area contributed by atoms with Crippen molar-refractivity contribution < 1.29 is 4.74 Å². The summed E-state index contributed by atoms with van der Waals surface area (Å²) in [6, 6.07) is 7.74. The Hall–Kier alpha value is -2.40. The Balaban J connectivity index is 1.67. The van der Waals surface area contributed by atoms with Gasteiger partial charge >= 0.3 is 0 Å². The van der Waals surface area contributed by atoms with Crippen molar-refractivity contribution in [3.63, 3.8) is 0 Å². The lowest BCUT2D eigenvalue weighted by molar-refractivity contribution is 0.119. The van der Waals surface area contributed by atoms with E-state index in [1.165, 1.54) is 0 Å². The molecule has 10 heteroatoms. The summed E-state index contributed by atoms with van der Waals surface area (Å²) < 4.78 is 9.38. The van der Waals surface area contributed by atoms with Gasteiger partial charge in [-0.25, -0.2) is 9.67 Å². The van der Waals surface area contributed by atoms with Gasteiger partial charge in [0.2, 0.25) is 10.6 Å². The maximum absolute atomic E-state index is 5.79. The second-order valence-electron chi connectivity index (χ2n) is 8.23. The Morgan fingerprint density at radius 1 is 1.19 bits per heavy atom. The lowest BCUT2D eigenvalue weighted by atomic mass is 10.2. The monoisotopic (exact) mass is 471 g/mol. The minimum atomic E-state index is 0.353. The molecule has 4 rings (SSSR count). The van der Waals surface area contributed by atoms with Crippen LogP contribution in [0.3, 0.4) is 0 Å². The van der Waals surface area contributed by atoms with Gasteiger partial charge in [-0.1, -0.05) is 13.8 Å². The quantitative estimate of drug-likeness (QED) is 0.386. The molecule has 0 bridgehead atoms. The number of aromatic nitrogens is 4. The average Bonchev–Trinajstić information content (AvgIpc) is 3.40. The maximum atomic E-state index is 5.79. The Morgan fingerprint density at radius 2 is 1.91 bits per heavy atom. The standard InChI is InChI=1S/C22H29N7OS2/c1-16(2)19-14-32-21(24-19)20-25-28(15-27-11-9-26(3)10-12-27)22(31)29(20)23-13-17-5-7-18(30-4)8-6-17/h5-8,13-14,16H,9-12,15H2,1-4H3/b23-13+. The molecule has 3 heterocycles. The fourth-order valence-electron chi connectivity index (χ4n) is 3.38. The van der Waals surface area contributed by atoms with E-state index >= 15 is 0 Å². The summed E-state index contributed by atoms with van der Waals surface area (Å²) in [5, 5.41) is 12.4. The first kappa shape index (κ1) is 22.8. The largest absolute Gasteiger partial charge is 0.497 e. The number of likely N-dealkylation sites (N-methyl/N-ethyl adjacent to an activating group) is 1. The first-order chi connectivity index (χ1) is 15.4. The molecule has 0 unspecified atom stereocenters. The topological polar surface area (TPSA) is 63.7 Å². The number of hydrogen-bond acceptors (Lipinski definition) is 8. The van der Waals surface area contributed by atoms with Crippen molar-refractivity contribution >= 4 is 29.8 Å². The third-order valence-corrected chi connectivity index (χ3v) is 6.73. The van der Waals surface area contributed by atoms with E-state index in [-0.39, 0.29) is 0 Å². The van der Waals surface area contributed by atoms with Crippen molar-refractivity contribution in [3.8, 4) is 16.6 Å². The minimum Gasteiger partial charge on any atom is -0.497 e. The van der Waals surface area contributed by atoms with Gasteiger partial charge in [0.1, 0.15) is 5.75 Å². The van der Waals surface area contributed by atoms with E-state index in [2.05, 4.69) is 36.1 Å². The Morgan fingerprint density at radius 3 is 2.53 bits per heavy atom. The van der Waals surface area contributed by atoms with Crippen molar-refractivity contribution in [2.75, 3.05) is 40.3 Å². The fourth-order valence-corrected chi connectivity index (χ4v) is 4.56. The molecule has 1 aliphatic heterocycles. The van der Waals surface area contributed by atoms with Gasteiger partial charge in [0.15, 0.2) is 5.01 Å².